The van der Waals surface area contributed by atoms with Crippen molar-refractivity contribution in [3.05, 3.63) is 102 Å². The van der Waals surface area contributed by atoms with Crippen LogP contribution in [-0.2, 0) is 13.2 Å². The van der Waals surface area contributed by atoms with Gasteiger partial charge in [-0.05, 0) is 35.4 Å². The van der Waals surface area contributed by atoms with Gasteiger partial charge >= 0.3 is 0 Å². The largest absolute Gasteiger partial charge is 0.543 e. The van der Waals surface area contributed by atoms with Crippen molar-refractivity contribution < 1.29 is 14.6 Å². The van der Waals surface area contributed by atoms with E-state index in [1.54, 1.807) is 10.6 Å². The Bertz CT molecular complexity index is 1070. The first-order valence-corrected chi connectivity index (χ1v) is 8.76. The predicted molar refractivity (Wildman–Crippen MR) is 103 cm³/mol. The number of rotatable bonds is 6. The summed E-state index contributed by atoms with van der Waals surface area (Å²) >= 11 is 0. The molecule has 4 aromatic rings. The van der Waals surface area contributed by atoms with Gasteiger partial charge < -0.3 is 19.2 Å². The Morgan fingerprint density at radius 2 is 1.52 bits per heavy atom. The molecule has 0 aliphatic rings. The van der Waals surface area contributed by atoms with E-state index in [1.165, 1.54) is 0 Å². The fraction of sp³-hybridized carbons (Fsp3) is 0.0870. The lowest BCUT2D eigenvalue weighted by molar-refractivity contribution is -0.255. The molecular weight excluding hydrogens is 338 g/mol. The van der Waals surface area contributed by atoms with Crippen molar-refractivity contribution >= 4 is 16.9 Å². The number of nitrogens with zero attached hydrogens (tertiary/aromatic N) is 1. The Kier molecular flexibility index (Phi) is 4.62. The van der Waals surface area contributed by atoms with Crippen LogP contribution in [0.15, 0.2) is 84.9 Å². The molecule has 1 aromatic heterocycles. The van der Waals surface area contributed by atoms with Gasteiger partial charge in [0.1, 0.15) is 12.4 Å². The van der Waals surface area contributed by atoms with Gasteiger partial charge in [-0.2, -0.15) is 0 Å². The zero-order valence-electron chi connectivity index (χ0n) is 14.7. The summed E-state index contributed by atoms with van der Waals surface area (Å²) in [6.45, 7) is 0.933. The zero-order chi connectivity index (χ0) is 18.6. The van der Waals surface area contributed by atoms with Crippen LogP contribution in [0.3, 0.4) is 0 Å². The topological polar surface area (TPSA) is 54.3 Å². The van der Waals surface area contributed by atoms with E-state index in [4.69, 9.17) is 4.74 Å². The average molecular weight is 356 g/mol. The van der Waals surface area contributed by atoms with Gasteiger partial charge in [0.25, 0.3) is 0 Å². The Morgan fingerprint density at radius 3 is 2.19 bits per heavy atom. The molecule has 0 fully saturated rings. The quantitative estimate of drug-likeness (QED) is 0.530. The number of carbonyl (C=O) groups excluding carboxylic acids is 1. The van der Waals surface area contributed by atoms with Gasteiger partial charge in [-0.1, -0.05) is 60.7 Å². The number of aromatic carboxylic acids is 1. The monoisotopic (exact) mass is 356 g/mol. The number of hydrogen-bond donors (Lipinski definition) is 0. The lowest BCUT2D eigenvalue weighted by atomic mass is 10.2. The smallest absolute Gasteiger partial charge is 0.120 e. The lowest BCUT2D eigenvalue weighted by Gasteiger charge is -2.12. The summed E-state index contributed by atoms with van der Waals surface area (Å²) in [5, 5.41) is 12.4. The van der Waals surface area contributed by atoms with E-state index in [0.717, 1.165) is 22.0 Å². The summed E-state index contributed by atoms with van der Waals surface area (Å²) in [5.41, 5.74) is 3.11. The van der Waals surface area contributed by atoms with Crippen molar-refractivity contribution in [1.29, 1.82) is 0 Å². The van der Waals surface area contributed by atoms with E-state index in [2.05, 4.69) is 0 Å². The molecule has 3 aromatic carbocycles. The van der Waals surface area contributed by atoms with E-state index in [-0.39, 0.29) is 5.69 Å². The zero-order valence-corrected chi connectivity index (χ0v) is 14.7. The second-order valence-corrected chi connectivity index (χ2v) is 6.38. The summed E-state index contributed by atoms with van der Waals surface area (Å²) in [5.74, 6) is -0.484. The van der Waals surface area contributed by atoms with Crippen molar-refractivity contribution in [2.45, 2.75) is 13.2 Å². The molecule has 0 N–H and O–H groups in total. The van der Waals surface area contributed by atoms with E-state index in [0.29, 0.717) is 18.9 Å². The molecule has 4 heteroatoms. The van der Waals surface area contributed by atoms with Gasteiger partial charge in [0.2, 0.25) is 0 Å². The van der Waals surface area contributed by atoms with Crippen molar-refractivity contribution in [2.75, 3.05) is 0 Å². The van der Waals surface area contributed by atoms with E-state index >= 15 is 0 Å². The third-order valence-electron chi connectivity index (χ3n) is 4.51. The maximum Gasteiger partial charge on any atom is 0.120 e. The SMILES string of the molecule is O=C([O-])c1cc2cc(OCc3ccccc3)ccc2n1Cc1ccccc1. The molecule has 0 saturated carbocycles. The van der Waals surface area contributed by atoms with E-state index < -0.39 is 5.97 Å². The van der Waals surface area contributed by atoms with Gasteiger partial charge in [-0.25, -0.2) is 0 Å². The minimum atomic E-state index is -1.19. The summed E-state index contributed by atoms with van der Waals surface area (Å²) in [4.78, 5) is 11.6. The summed E-state index contributed by atoms with van der Waals surface area (Å²) < 4.78 is 7.62. The number of hydrogen-bond acceptors (Lipinski definition) is 3. The van der Waals surface area contributed by atoms with Crippen LogP contribution in [-0.4, -0.2) is 10.5 Å². The summed E-state index contributed by atoms with van der Waals surface area (Å²) in [7, 11) is 0. The molecule has 0 amide bonds. The maximum atomic E-state index is 11.6. The number of ether oxygens (including phenoxy) is 1. The first kappa shape index (κ1) is 16.9. The van der Waals surface area contributed by atoms with Crippen LogP contribution in [0.5, 0.6) is 5.75 Å². The third-order valence-corrected chi connectivity index (χ3v) is 4.51. The molecule has 27 heavy (non-hydrogen) atoms. The normalized spacial score (nSPS) is 10.8. The molecule has 0 bridgehead atoms. The number of carboxylic acids is 1. The Labute approximate surface area is 157 Å². The van der Waals surface area contributed by atoms with Crippen LogP contribution < -0.4 is 9.84 Å². The number of fused-ring (bicyclic) bond motifs is 1. The second kappa shape index (κ2) is 7.38. The van der Waals surface area contributed by atoms with Crippen LogP contribution in [0.2, 0.25) is 0 Å². The van der Waals surface area contributed by atoms with Gasteiger partial charge in [-0.3, -0.25) is 0 Å². The number of aromatic nitrogens is 1. The van der Waals surface area contributed by atoms with Crippen molar-refractivity contribution in [1.82, 2.24) is 4.57 Å². The van der Waals surface area contributed by atoms with E-state index in [9.17, 15) is 9.90 Å². The molecule has 0 aliphatic carbocycles. The molecule has 0 spiro atoms. The Morgan fingerprint density at radius 1 is 0.852 bits per heavy atom. The number of carboxylic acid groups (broad SMARTS) is 1. The Balaban J connectivity index is 1.65. The maximum absolute atomic E-state index is 11.6. The molecule has 0 radical (unpaired) electrons. The first-order valence-electron chi connectivity index (χ1n) is 8.76. The first-order chi connectivity index (χ1) is 13.2. The molecule has 0 saturated heterocycles. The highest BCUT2D eigenvalue weighted by Gasteiger charge is 2.11. The van der Waals surface area contributed by atoms with Gasteiger partial charge in [0.15, 0.2) is 0 Å². The van der Waals surface area contributed by atoms with E-state index in [1.807, 2.05) is 78.9 Å². The van der Waals surface area contributed by atoms with Crippen LogP contribution in [0.1, 0.15) is 21.6 Å². The fourth-order valence-electron chi connectivity index (χ4n) is 3.19. The molecule has 0 aliphatic heterocycles. The van der Waals surface area contributed by atoms with Crippen molar-refractivity contribution in [3.8, 4) is 5.75 Å². The minimum absolute atomic E-state index is 0.161. The van der Waals surface area contributed by atoms with Crippen LogP contribution in [0.25, 0.3) is 10.9 Å². The summed E-state index contributed by atoms with van der Waals surface area (Å²) in [6, 6.07) is 26.9. The molecule has 134 valence electrons. The van der Waals surface area contributed by atoms with Crippen LogP contribution in [0, 0.1) is 0 Å². The lowest BCUT2D eigenvalue weighted by Crippen LogP contribution is -2.25. The number of benzene rings is 3. The molecule has 0 unspecified atom stereocenters. The highest BCUT2D eigenvalue weighted by atomic mass is 16.5. The molecule has 0 atom stereocenters. The molecular formula is C23H18NO3-. The predicted octanol–water partition coefficient (Wildman–Crippen LogP) is 3.63. The highest BCUT2D eigenvalue weighted by Crippen LogP contribution is 2.26. The highest BCUT2D eigenvalue weighted by molar-refractivity contribution is 5.94. The van der Waals surface area contributed by atoms with Gasteiger partial charge in [-0.15, -0.1) is 0 Å². The average Bonchev–Trinajstić information content (AvgIpc) is 3.06. The van der Waals surface area contributed by atoms with Crippen LogP contribution >= 0.6 is 0 Å². The van der Waals surface area contributed by atoms with Gasteiger partial charge in [0, 0.05) is 17.4 Å². The minimum Gasteiger partial charge on any atom is -0.543 e. The second-order valence-electron chi connectivity index (χ2n) is 6.38. The Hall–Kier alpha value is -3.53. The van der Waals surface area contributed by atoms with Gasteiger partial charge in [0.05, 0.1) is 11.7 Å². The van der Waals surface area contributed by atoms with Crippen molar-refractivity contribution in [3.63, 3.8) is 0 Å². The molecule has 4 nitrogen and oxygen atoms in total. The number of carbonyl (C=O) groups is 1. The third kappa shape index (κ3) is 3.70. The molecule has 4 rings (SSSR count). The standard InChI is InChI=1S/C23H19NO3/c25-23(26)22-14-19-13-20(27-16-18-9-5-2-6-10-18)11-12-21(19)24(22)15-17-7-3-1-4-8-17/h1-14H,15-16H2,(H,25,26)/p-1. The molecule has 1 heterocycles. The fourth-order valence-corrected chi connectivity index (χ4v) is 3.19. The van der Waals surface area contributed by atoms with Crippen LogP contribution in [0.4, 0.5) is 0 Å². The van der Waals surface area contributed by atoms with Crippen molar-refractivity contribution in [2.24, 2.45) is 0 Å². The summed E-state index contributed by atoms with van der Waals surface area (Å²) in [6.07, 6.45) is 0.